The summed E-state index contributed by atoms with van der Waals surface area (Å²) in [5.41, 5.74) is 7.22. The van der Waals surface area contributed by atoms with Gasteiger partial charge in [0, 0.05) is 24.7 Å². The van der Waals surface area contributed by atoms with Crippen LogP contribution in [0.1, 0.15) is 17.7 Å². The van der Waals surface area contributed by atoms with Crippen LogP contribution in [0.25, 0.3) is 0 Å². The predicted molar refractivity (Wildman–Crippen MR) is 84.4 cm³/mol. The van der Waals surface area contributed by atoms with Gasteiger partial charge in [-0.05, 0) is 31.2 Å². The molecule has 0 fully saturated rings. The van der Waals surface area contributed by atoms with E-state index in [0.717, 1.165) is 30.0 Å². The molecular formula is C14H16ClN3OS. The molecular weight excluding hydrogens is 294 g/mol. The van der Waals surface area contributed by atoms with Crippen LogP contribution in [-0.4, -0.2) is 21.4 Å². The van der Waals surface area contributed by atoms with Gasteiger partial charge in [0.2, 0.25) is 0 Å². The zero-order valence-corrected chi connectivity index (χ0v) is 12.7. The average molecular weight is 310 g/mol. The van der Waals surface area contributed by atoms with Crippen molar-refractivity contribution in [1.29, 1.82) is 0 Å². The molecule has 0 atom stereocenters. The van der Waals surface area contributed by atoms with Gasteiger partial charge in [0.15, 0.2) is 0 Å². The third-order valence-electron chi connectivity index (χ3n) is 2.83. The monoisotopic (exact) mass is 309 g/mol. The fourth-order valence-electron chi connectivity index (χ4n) is 1.74. The number of nitrogens with zero attached hydrogens (tertiary/aromatic N) is 2. The second-order valence-corrected chi connectivity index (χ2v) is 5.26. The van der Waals surface area contributed by atoms with E-state index in [2.05, 4.69) is 5.10 Å². The van der Waals surface area contributed by atoms with Gasteiger partial charge in [0.05, 0.1) is 17.3 Å². The van der Waals surface area contributed by atoms with Crippen molar-refractivity contribution in [3.63, 3.8) is 0 Å². The van der Waals surface area contributed by atoms with Crippen molar-refractivity contribution < 1.29 is 4.74 Å². The number of halogens is 1. The first kappa shape index (κ1) is 14.8. The Balaban J connectivity index is 1.77. The highest BCUT2D eigenvalue weighted by Gasteiger charge is 2.02. The van der Waals surface area contributed by atoms with Crippen molar-refractivity contribution >= 4 is 28.8 Å². The predicted octanol–water partition coefficient (Wildman–Crippen LogP) is 2.95. The Hall–Kier alpha value is -1.59. The summed E-state index contributed by atoms with van der Waals surface area (Å²) in [5.74, 6) is 0.805. The van der Waals surface area contributed by atoms with Gasteiger partial charge >= 0.3 is 0 Å². The molecule has 1 aromatic carbocycles. The molecule has 0 bridgehead atoms. The minimum Gasteiger partial charge on any atom is -0.494 e. The van der Waals surface area contributed by atoms with E-state index in [4.69, 9.17) is 34.3 Å². The molecule has 106 valence electrons. The minimum absolute atomic E-state index is 0.391. The SMILES string of the molecule is Cc1nn(CCCOc2ccc(C(N)=S)cc2)cc1Cl. The first-order valence-corrected chi connectivity index (χ1v) is 7.07. The molecule has 6 heteroatoms. The molecule has 2 N–H and O–H groups in total. The van der Waals surface area contributed by atoms with E-state index in [9.17, 15) is 0 Å². The maximum absolute atomic E-state index is 5.94. The standard InChI is InChI=1S/C14H16ClN3OS/c1-10-13(15)9-18(17-10)7-2-8-19-12-5-3-11(4-6-12)14(16)20/h3-6,9H,2,7-8H2,1H3,(H2,16,20). The van der Waals surface area contributed by atoms with Crippen molar-refractivity contribution in [2.24, 2.45) is 5.73 Å². The first-order chi connectivity index (χ1) is 9.56. The zero-order valence-electron chi connectivity index (χ0n) is 11.2. The van der Waals surface area contributed by atoms with E-state index in [1.165, 1.54) is 0 Å². The summed E-state index contributed by atoms with van der Waals surface area (Å²) in [6, 6.07) is 7.44. The van der Waals surface area contributed by atoms with Crippen LogP contribution < -0.4 is 10.5 Å². The molecule has 20 heavy (non-hydrogen) atoms. The van der Waals surface area contributed by atoms with E-state index in [0.29, 0.717) is 16.6 Å². The molecule has 1 heterocycles. The summed E-state index contributed by atoms with van der Waals surface area (Å²) in [5, 5.41) is 4.98. The van der Waals surface area contributed by atoms with Crippen LogP contribution in [0.5, 0.6) is 5.75 Å². The maximum atomic E-state index is 5.94. The molecule has 0 aliphatic carbocycles. The number of ether oxygens (including phenoxy) is 1. The summed E-state index contributed by atoms with van der Waals surface area (Å²) in [4.78, 5) is 0.391. The van der Waals surface area contributed by atoms with E-state index < -0.39 is 0 Å². The summed E-state index contributed by atoms with van der Waals surface area (Å²) in [7, 11) is 0. The Morgan fingerprint density at radius 2 is 2.10 bits per heavy atom. The first-order valence-electron chi connectivity index (χ1n) is 6.28. The van der Waals surface area contributed by atoms with Crippen molar-refractivity contribution in [3.8, 4) is 5.75 Å². The molecule has 0 unspecified atom stereocenters. The Kier molecular flexibility index (Phi) is 4.98. The van der Waals surface area contributed by atoms with Crippen LogP contribution in [0.2, 0.25) is 5.02 Å². The van der Waals surface area contributed by atoms with Crippen LogP contribution in [0, 0.1) is 6.92 Å². The summed E-state index contributed by atoms with van der Waals surface area (Å²) >= 11 is 10.8. The third-order valence-corrected chi connectivity index (χ3v) is 3.43. The summed E-state index contributed by atoms with van der Waals surface area (Å²) < 4.78 is 7.47. The van der Waals surface area contributed by atoms with Gasteiger partial charge in [-0.2, -0.15) is 5.10 Å². The summed E-state index contributed by atoms with van der Waals surface area (Å²) in [6.07, 6.45) is 2.68. The number of hydrogen-bond donors (Lipinski definition) is 1. The van der Waals surface area contributed by atoms with Crippen molar-refractivity contribution in [2.45, 2.75) is 19.9 Å². The zero-order chi connectivity index (χ0) is 14.5. The minimum atomic E-state index is 0.391. The second-order valence-electron chi connectivity index (χ2n) is 4.42. The molecule has 4 nitrogen and oxygen atoms in total. The second kappa shape index (κ2) is 6.72. The number of nitrogens with two attached hydrogens (primary N) is 1. The number of aromatic nitrogens is 2. The van der Waals surface area contributed by atoms with Crippen molar-refractivity contribution in [2.75, 3.05) is 6.61 Å². The molecule has 0 saturated carbocycles. The molecule has 2 rings (SSSR count). The lowest BCUT2D eigenvalue weighted by atomic mass is 10.2. The van der Waals surface area contributed by atoms with Crippen LogP contribution in [0.3, 0.4) is 0 Å². The van der Waals surface area contributed by atoms with Crippen LogP contribution in [0.4, 0.5) is 0 Å². The van der Waals surface area contributed by atoms with Crippen LogP contribution in [0.15, 0.2) is 30.5 Å². The van der Waals surface area contributed by atoms with Crippen LogP contribution in [-0.2, 0) is 6.54 Å². The molecule has 0 radical (unpaired) electrons. The highest BCUT2D eigenvalue weighted by molar-refractivity contribution is 7.80. The smallest absolute Gasteiger partial charge is 0.119 e. The molecule has 0 aliphatic heterocycles. The van der Waals surface area contributed by atoms with Gasteiger partial charge in [-0.25, -0.2) is 0 Å². The molecule has 0 saturated heterocycles. The van der Waals surface area contributed by atoms with E-state index in [1.807, 2.05) is 42.1 Å². The van der Waals surface area contributed by atoms with Gasteiger partial charge in [0.25, 0.3) is 0 Å². The molecule has 0 spiro atoms. The van der Waals surface area contributed by atoms with Gasteiger partial charge < -0.3 is 10.5 Å². The Morgan fingerprint density at radius 1 is 1.40 bits per heavy atom. The third kappa shape index (κ3) is 3.95. The Morgan fingerprint density at radius 3 is 2.65 bits per heavy atom. The number of aryl methyl sites for hydroxylation is 2. The fourth-order valence-corrected chi connectivity index (χ4v) is 2.03. The Bertz CT molecular complexity index is 575. The highest BCUT2D eigenvalue weighted by atomic mass is 35.5. The average Bonchev–Trinajstić information content (AvgIpc) is 2.74. The van der Waals surface area contributed by atoms with E-state index in [-0.39, 0.29) is 0 Å². The summed E-state index contributed by atoms with van der Waals surface area (Å²) in [6.45, 7) is 3.28. The quantitative estimate of drug-likeness (QED) is 0.658. The lowest BCUT2D eigenvalue weighted by molar-refractivity contribution is 0.298. The number of thiocarbonyl (C=S) groups is 1. The molecule has 2 aromatic rings. The maximum Gasteiger partial charge on any atom is 0.119 e. The van der Waals surface area contributed by atoms with Gasteiger partial charge in [-0.3, -0.25) is 4.68 Å². The normalized spacial score (nSPS) is 10.5. The van der Waals surface area contributed by atoms with Gasteiger partial charge in [-0.1, -0.05) is 23.8 Å². The van der Waals surface area contributed by atoms with E-state index >= 15 is 0 Å². The van der Waals surface area contributed by atoms with Gasteiger partial charge in [-0.15, -0.1) is 0 Å². The number of rotatable bonds is 6. The number of benzene rings is 1. The van der Waals surface area contributed by atoms with Crippen LogP contribution >= 0.6 is 23.8 Å². The molecule has 0 aliphatic rings. The van der Waals surface area contributed by atoms with Gasteiger partial charge in [0.1, 0.15) is 10.7 Å². The largest absolute Gasteiger partial charge is 0.494 e. The Labute approximate surface area is 128 Å². The molecule has 1 aromatic heterocycles. The lowest BCUT2D eigenvalue weighted by Gasteiger charge is -2.07. The fraction of sp³-hybridized carbons (Fsp3) is 0.286. The molecule has 0 amide bonds. The van der Waals surface area contributed by atoms with Crippen molar-refractivity contribution in [3.05, 3.63) is 46.7 Å². The van der Waals surface area contributed by atoms with Crippen molar-refractivity contribution in [1.82, 2.24) is 9.78 Å². The van der Waals surface area contributed by atoms with E-state index in [1.54, 1.807) is 0 Å². The topological polar surface area (TPSA) is 53.1 Å². The number of hydrogen-bond acceptors (Lipinski definition) is 3. The lowest BCUT2D eigenvalue weighted by Crippen LogP contribution is -2.09. The highest BCUT2D eigenvalue weighted by Crippen LogP contribution is 2.14.